The van der Waals surface area contributed by atoms with Crippen molar-refractivity contribution in [2.45, 2.75) is 6.18 Å². The summed E-state index contributed by atoms with van der Waals surface area (Å²) in [5, 5.41) is -0.103. The molecular formula is C14H7ClF4O. The Kier molecular flexibility index (Phi) is 3.81. The van der Waals surface area contributed by atoms with E-state index in [0.717, 1.165) is 30.3 Å². The molecule has 0 unspecified atom stereocenters. The van der Waals surface area contributed by atoms with E-state index in [1.54, 1.807) is 0 Å². The van der Waals surface area contributed by atoms with Gasteiger partial charge in [-0.3, -0.25) is 4.79 Å². The number of carbonyl (C=O) groups is 1. The van der Waals surface area contributed by atoms with E-state index in [1.807, 2.05) is 0 Å². The van der Waals surface area contributed by atoms with Gasteiger partial charge in [0, 0.05) is 11.1 Å². The SMILES string of the molecule is O=C(c1cc(F)ccc1Cl)c1ccccc1C(F)(F)F. The summed E-state index contributed by atoms with van der Waals surface area (Å²) in [5.41, 5.74) is -1.94. The zero-order chi connectivity index (χ0) is 14.9. The minimum Gasteiger partial charge on any atom is -0.289 e. The Labute approximate surface area is 116 Å². The average Bonchev–Trinajstić information content (AvgIpc) is 2.40. The fourth-order valence-corrected chi connectivity index (χ4v) is 1.95. The molecule has 2 aromatic carbocycles. The molecule has 0 radical (unpaired) electrons. The summed E-state index contributed by atoms with van der Waals surface area (Å²) in [6.07, 6.45) is -4.67. The molecule has 0 N–H and O–H groups in total. The fraction of sp³-hybridized carbons (Fsp3) is 0.0714. The van der Waals surface area contributed by atoms with Gasteiger partial charge in [0.25, 0.3) is 0 Å². The lowest BCUT2D eigenvalue weighted by Gasteiger charge is -2.12. The van der Waals surface area contributed by atoms with Gasteiger partial charge in [0.15, 0.2) is 5.78 Å². The second-order valence-electron chi connectivity index (χ2n) is 4.00. The lowest BCUT2D eigenvalue weighted by Crippen LogP contribution is -2.14. The van der Waals surface area contributed by atoms with Crippen molar-refractivity contribution in [3.05, 3.63) is 70.0 Å². The maximum Gasteiger partial charge on any atom is 0.417 e. The van der Waals surface area contributed by atoms with Crippen LogP contribution in [0, 0.1) is 5.82 Å². The molecule has 0 aromatic heterocycles. The molecule has 104 valence electrons. The highest BCUT2D eigenvalue weighted by atomic mass is 35.5. The normalized spacial score (nSPS) is 11.4. The molecule has 0 aliphatic carbocycles. The topological polar surface area (TPSA) is 17.1 Å². The summed E-state index contributed by atoms with van der Waals surface area (Å²) in [6, 6.07) is 7.27. The Balaban J connectivity index is 2.57. The van der Waals surface area contributed by atoms with Crippen molar-refractivity contribution in [3.8, 4) is 0 Å². The van der Waals surface area contributed by atoms with E-state index < -0.39 is 28.9 Å². The van der Waals surface area contributed by atoms with Crippen molar-refractivity contribution < 1.29 is 22.4 Å². The highest BCUT2D eigenvalue weighted by Gasteiger charge is 2.35. The zero-order valence-electron chi connectivity index (χ0n) is 9.84. The van der Waals surface area contributed by atoms with Gasteiger partial charge in [-0.25, -0.2) is 4.39 Å². The smallest absolute Gasteiger partial charge is 0.289 e. The molecule has 0 aliphatic rings. The summed E-state index contributed by atoms with van der Waals surface area (Å²) >= 11 is 5.74. The Morgan fingerprint density at radius 3 is 2.30 bits per heavy atom. The Hall–Kier alpha value is -1.88. The molecule has 1 nitrogen and oxygen atoms in total. The predicted octanol–water partition coefficient (Wildman–Crippen LogP) is 4.73. The molecule has 0 heterocycles. The van der Waals surface area contributed by atoms with Crippen LogP contribution in [0.5, 0.6) is 0 Å². The van der Waals surface area contributed by atoms with Gasteiger partial charge in [-0.1, -0.05) is 29.8 Å². The Bertz CT molecular complexity index is 664. The van der Waals surface area contributed by atoms with Crippen molar-refractivity contribution in [2.75, 3.05) is 0 Å². The Morgan fingerprint density at radius 1 is 1.00 bits per heavy atom. The van der Waals surface area contributed by atoms with E-state index in [-0.39, 0.29) is 10.6 Å². The van der Waals surface area contributed by atoms with Crippen molar-refractivity contribution in [1.82, 2.24) is 0 Å². The largest absolute Gasteiger partial charge is 0.417 e. The average molecular weight is 303 g/mol. The molecule has 0 spiro atoms. The first-order chi connectivity index (χ1) is 9.30. The van der Waals surface area contributed by atoms with Crippen LogP contribution in [0.4, 0.5) is 17.6 Å². The molecule has 20 heavy (non-hydrogen) atoms. The number of alkyl halides is 3. The van der Waals surface area contributed by atoms with Crippen LogP contribution in [0.15, 0.2) is 42.5 Å². The van der Waals surface area contributed by atoms with E-state index in [4.69, 9.17) is 11.6 Å². The highest BCUT2D eigenvalue weighted by molar-refractivity contribution is 6.35. The maximum atomic E-state index is 13.1. The van der Waals surface area contributed by atoms with E-state index >= 15 is 0 Å². The van der Waals surface area contributed by atoms with Crippen LogP contribution >= 0.6 is 11.6 Å². The van der Waals surface area contributed by atoms with E-state index in [9.17, 15) is 22.4 Å². The van der Waals surface area contributed by atoms with Crippen LogP contribution in [0.2, 0.25) is 5.02 Å². The van der Waals surface area contributed by atoms with Gasteiger partial charge >= 0.3 is 6.18 Å². The quantitative estimate of drug-likeness (QED) is 0.579. The number of ketones is 1. The molecule has 6 heteroatoms. The molecular weight excluding hydrogens is 296 g/mol. The van der Waals surface area contributed by atoms with Gasteiger partial charge in [-0.15, -0.1) is 0 Å². The van der Waals surface area contributed by atoms with Crippen LogP contribution in [-0.4, -0.2) is 5.78 Å². The van der Waals surface area contributed by atoms with Crippen molar-refractivity contribution in [2.24, 2.45) is 0 Å². The summed E-state index contributed by atoms with van der Waals surface area (Å²) in [7, 11) is 0. The molecule has 0 saturated carbocycles. The Morgan fingerprint density at radius 2 is 1.65 bits per heavy atom. The molecule has 2 aromatic rings. The number of halogens is 5. The van der Waals surface area contributed by atoms with Gasteiger partial charge < -0.3 is 0 Å². The van der Waals surface area contributed by atoms with Crippen LogP contribution in [0.3, 0.4) is 0 Å². The molecule has 0 atom stereocenters. The minimum atomic E-state index is -4.67. The van der Waals surface area contributed by atoms with Gasteiger partial charge in [0.1, 0.15) is 5.82 Å². The van der Waals surface area contributed by atoms with Gasteiger partial charge in [0.05, 0.1) is 10.6 Å². The van der Waals surface area contributed by atoms with E-state index in [2.05, 4.69) is 0 Å². The van der Waals surface area contributed by atoms with Gasteiger partial charge in [0.2, 0.25) is 0 Å². The molecule has 0 aliphatic heterocycles. The monoisotopic (exact) mass is 302 g/mol. The minimum absolute atomic E-state index is 0.103. The lowest BCUT2D eigenvalue weighted by molar-refractivity contribution is -0.137. The van der Waals surface area contributed by atoms with Crippen molar-refractivity contribution in [3.63, 3.8) is 0 Å². The first-order valence-corrected chi connectivity index (χ1v) is 5.84. The van der Waals surface area contributed by atoms with Gasteiger partial charge in [-0.05, 0) is 24.3 Å². The third kappa shape index (κ3) is 2.82. The number of benzene rings is 2. The van der Waals surface area contributed by atoms with Crippen molar-refractivity contribution in [1.29, 1.82) is 0 Å². The standard InChI is InChI=1S/C14H7ClF4O/c15-12-6-5-8(16)7-10(12)13(20)9-3-1-2-4-11(9)14(17,18)19/h1-7H. The third-order valence-electron chi connectivity index (χ3n) is 2.65. The zero-order valence-corrected chi connectivity index (χ0v) is 10.6. The summed E-state index contributed by atoms with van der Waals surface area (Å²) in [5.74, 6) is -1.72. The third-order valence-corrected chi connectivity index (χ3v) is 2.98. The van der Waals surface area contributed by atoms with Gasteiger partial charge in [-0.2, -0.15) is 13.2 Å². The first kappa shape index (κ1) is 14.5. The molecule has 0 saturated heterocycles. The molecule has 0 fully saturated rings. The van der Waals surface area contributed by atoms with E-state index in [0.29, 0.717) is 0 Å². The summed E-state index contributed by atoms with van der Waals surface area (Å²) in [6.45, 7) is 0. The van der Waals surface area contributed by atoms with Crippen LogP contribution in [0.1, 0.15) is 21.5 Å². The summed E-state index contributed by atoms with van der Waals surface area (Å²) in [4.78, 5) is 12.1. The second kappa shape index (κ2) is 5.25. The van der Waals surface area contributed by atoms with Crippen LogP contribution < -0.4 is 0 Å². The summed E-state index contributed by atoms with van der Waals surface area (Å²) < 4.78 is 51.7. The molecule has 2 rings (SSSR count). The van der Waals surface area contributed by atoms with Crippen LogP contribution in [0.25, 0.3) is 0 Å². The van der Waals surface area contributed by atoms with E-state index in [1.165, 1.54) is 12.1 Å². The number of carbonyl (C=O) groups excluding carboxylic acids is 1. The number of hydrogen-bond acceptors (Lipinski definition) is 1. The molecule has 0 amide bonds. The number of hydrogen-bond donors (Lipinski definition) is 0. The molecule has 0 bridgehead atoms. The van der Waals surface area contributed by atoms with Crippen LogP contribution in [-0.2, 0) is 6.18 Å². The van der Waals surface area contributed by atoms with Crippen molar-refractivity contribution >= 4 is 17.4 Å². The lowest BCUT2D eigenvalue weighted by atomic mass is 9.98. The number of rotatable bonds is 2. The predicted molar refractivity (Wildman–Crippen MR) is 66.3 cm³/mol. The second-order valence-corrected chi connectivity index (χ2v) is 4.40. The maximum absolute atomic E-state index is 13.1. The first-order valence-electron chi connectivity index (χ1n) is 5.46. The fourth-order valence-electron chi connectivity index (χ4n) is 1.74. The highest BCUT2D eigenvalue weighted by Crippen LogP contribution is 2.33.